The molecule has 4 heteroatoms. The van der Waals surface area contributed by atoms with Crippen molar-refractivity contribution in [3.05, 3.63) is 83.2 Å². The van der Waals surface area contributed by atoms with Crippen molar-refractivity contribution in [3.8, 4) is 11.5 Å². The van der Waals surface area contributed by atoms with E-state index in [4.69, 9.17) is 9.15 Å². The summed E-state index contributed by atoms with van der Waals surface area (Å²) in [5, 5.41) is 11.6. The number of furan rings is 1. The number of Topliss-reactive ketones (excluding diaryl/α,β-unsaturated/α-hetero) is 1. The SMILES string of the molecule is COc1cc(O)c(C(=O)[C@@H]2[C@H](CC=C(C)C)C(C)=CC[C@H]2c2ccccc2)c2occc12. The molecule has 1 aliphatic rings. The molecule has 0 unspecified atom stereocenters. The van der Waals surface area contributed by atoms with Gasteiger partial charge in [0.2, 0.25) is 0 Å². The van der Waals surface area contributed by atoms with E-state index in [0.29, 0.717) is 16.7 Å². The van der Waals surface area contributed by atoms with Gasteiger partial charge in [-0.05, 0) is 57.1 Å². The zero-order valence-electron chi connectivity index (χ0n) is 19.1. The Morgan fingerprint density at radius 3 is 2.66 bits per heavy atom. The Bertz CT molecular complexity index is 1180. The fourth-order valence-corrected chi connectivity index (χ4v) is 4.94. The molecule has 4 nitrogen and oxygen atoms in total. The van der Waals surface area contributed by atoms with Crippen LogP contribution in [0.15, 0.2) is 76.4 Å². The van der Waals surface area contributed by atoms with Gasteiger partial charge in [-0.15, -0.1) is 0 Å². The Kier molecular flexibility index (Phi) is 6.22. The lowest BCUT2D eigenvalue weighted by molar-refractivity contribution is 0.0848. The van der Waals surface area contributed by atoms with E-state index in [-0.39, 0.29) is 34.8 Å². The highest BCUT2D eigenvalue weighted by Gasteiger charge is 2.41. The number of rotatable bonds is 6. The predicted molar refractivity (Wildman–Crippen MR) is 127 cm³/mol. The minimum absolute atomic E-state index is 0.0227. The first-order valence-corrected chi connectivity index (χ1v) is 11.1. The van der Waals surface area contributed by atoms with Crippen LogP contribution in [0.1, 0.15) is 55.5 Å². The molecule has 1 aliphatic carbocycles. The Morgan fingerprint density at radius 2 is 1.97 bits per heavy atom. The van der Waals surface area contributed by atoms with Gasteiger partial charge in [-0.25, -0.2) is 0 Å². The monoisotopic (exact) mass is 430 g/mol. The number of hydrogen-bond acceptors (Lipinski definition) is 4. The van der Waals surface area contributed by atoms with Crippen molar-refractivity contribution in [2.45, 2.75) is 39.5 Å². The van der Waals surface area contributed by atoms with E-state index in [1.165, 1.54) is 23.5 Å². The first-order chi connectivity index (χ1) is 15.4. The van der Waals surface area contributed by atoms with Crippen molar-refractivity contribution >= 4 is 16.8 Å². The molecule has 0 fully saturated rings. The van der Waals surface area contributed by atoms with Crippen LogP contribution in [-0.2, 0) is 0 Å². The van der Waals surface area contributed by atoms with Crippen molar-refractivity contribution in [2.75, 3.05) is 7.11 Å². The summed E-state index contributed by atoms with van der Waals surface area (Å²) in [5.74, 6) is 0.0546. The molecule has 0 saturated carbocycles. The topological polar surface area (TPSA) is 59.7 Å². The molecule has 0 aliphatic heterocycles. The number of aromatic hydroxyl groups is 1. The molecular weight excluding hydrogens is 400 g/mol. The number of ether oxygens (including phenoxy) is 1. The molecule has 0 saturated heterocycles. The maximum absolute atomic E-state index is 14.2. The van der Waals surface area contributed by atoms with Gasteiger partial charge in [0, 0.05) is 12.0 Å². The van der Waals surface area contributed by atoms with Gasteiger partial charge in [0.25, 0.3) is 0 Å². The quantitative estimate of drug-likeness (QED) is 0.336. The van der Waals surface area contributed by atoms with Gasteiger partial charge in [-0.2, -0.15) is 0 Å². The maximum Gasteiger partial charge on any atom is 0.174 e. The summed E-state index contributed by atoms with van der Waals surface area (Å²) >= 11 is 0. The number of fused-ring (bicyclic) bond motifs is 1. The highest BCUT2D eigenvalue weighted by atomic mass is 16.5. The summed E-state index contributed by atoms with van der Waals surface area (Å²) in [5.41, 5.74) is 4.21. The van der Waals surface area contributed by atoms with Crippen LogP contribution in [0, 0.1) is 11.8 Å². The van der Waals surface area contributed by atoms with Crippen molar-refractivity contribution < 1.29 is 19.1 Å². The second-order valence-electron chi connectivity index (χ2n) is 8.85. The van der Waals surface area contributed by atoms with Gasteiger partial charge in [0.15, 0.2) is 11.4 Å². The zero-order chi connectivity index (χ0) is 22.8. The third-order valence-corrected chi connectivity index (χ3v) is 6.60. The molecule has 0 amide bonds. The summed E-state index contributed by atoms with van der Waals surface area (Å²) in [7, 11) is 1.54. The predicted octanol–water partition coefficient (Wildman–Crippen LogP) is 7.05. The Hall–Kier alpha value is -3.27. The van der Waals surface area contributed by atoms with Crippen LogP contribution in [0.5, 0.6) is 11.5 Å². The van der Waals surface area contributed by atoms with Crippen molar-refractivity contribution in [3.63, 3.8) is 0 Å². The standard InChI is InChI=1S/C28H30O4/c1-17(2)10-12-20-18(3)11-13-21(19-8-6-5-7-9-19)25(20)27(30)26-23(29)16-24(31-4)22-14-15-32-28(22)26/h5-11,14-16,20-21,25,29H,12-13H2,1-4H3/t20-,21+,25-/m1/s1. The van der Waals surface area contributed by atoms with Gasteiger partial charge >= 0.3 is 0 Å². The lowest BCUT2D eigenvalue weighted by atomic mass is 9.65. The number of hydrogen-bond donors (Lipinski definition) is 1. The molecule has 1 aromatic heterocycles. The minimum atomic E-state index is -0.314. The molecule has 2 aromatic carbocycles. The van der Waals surface area contributed by atoms with E-state index in [0.717, 1.165) is 18.4 Å². The molecule has 32 heavy (non-hydrogen) atoms. The van der Waals surface area contributed by atoms with Crippen LogP contribution < -0.4 is 4.74 Å². The second kappa shape index (κ2) is 9.07. The van der Waals surface area contributed by atoms with Gasteiger partial charge in [0.05, 0.1) is 18.8 Å². The fourth-order valence-electron chi connectivity index (χ4n) is 4.94. The Balaban J connectivity index is 1.87. The number of carbonyl (C=O) groups is 1. The summed E-state index contributed by atoms with van der Waals surface area (Å²) in [6.07, 6.45) is 7.57. The molecule has 1 heterocycles. The van der Waals surface area contributed by atoms with E-state index < -0.39 is 0 Å². The maximum atomic E-state index is 14.2. The molecule has 0 bridgehead atoms. The van der Waals surface area contributed by atoms with E-state index in [1.807, 2.05) is 18.2 Å². The number of benzene rings is 2. The van der Waals surface area contributed by atoms with Crippen LogP contribution in [0.4, 0.5) is 0 Å². The van der Waals surface area contributed by atoms with Gasteiger partial charge < -0.3 is 14.3 Å². The largest absolute Gasteiger partial charge is 0.507 e. The molecule has 1 N–H and O–H groups in total. The van der Waals surface area contributed by atoms with Crippen LogP contribution in [0.2, 0.25) is 0 Å². The summed E-state index contributed by atoms with van der Waals surface area (Å²) in [6.45, 7) is 6.27. The normalized spacial score (nSPS) is 20.6. The number of ketones is 1. The summed E-state index contributed by atoms with van der Waals surface area (Å²) in [4.78, 5) is 14.2. The van der Waals surface area contributed by atoms with E-state index in [9.17, 15) is 9.90 Å². The highest BCUT2D eigenvalue weighted by Crippen LogP contribution is 2.47. The average molecular weight is 431 g/mol. The first-order valence-electron chi connectivity index (χ1n) is 11.1. The molecule has 166 valence electrons. The second-order valence-corrected chi connectivity index (χ2v) is 8.85. The van der Waals surface area contributed by atoms with Crippen molar-refractivity contribution in [2.24, 2.45) is 11.8 Å². The Labute approximate surface area is 189 Å². The van der Waals surface area contributed by atoms with Gasteiger partial charge in [-0.3, -0.25) is 4.79 Å². The number of allylic oxidation sites excluding steroid dienone is 4. The number of carbonyl (C=O) groups excluding carboxylic acids is 1. The number of methoxy groups -OCH3 is 1. The van der Waals surface area contributed by atoms with Crippen LogP contribution in [0.3, 0.4) is 0 Å². The zero-order valence-corrected chi connectivity index (χ0v) is 19.1. The lowest BCUT2D eigenvalue weighted by Gasteiger charge is -2.37. The smallest absolute Gasteiger partial charge is 0.174 e. The number of phenols is 1. The van der Waals surface area contributed by atoms with Gasteiger partial charge in [0.1, 0.15) is 17.1 Å². The van der Waals surface area contributed by atoms with Crippen molar-refractivity contribution in [1.82, 2.24) is 0 Å². The van der Waals surface area contributed by atoms with E-state index in [2.05, 4.69) is 45.1 Å². The fraction of sp³-hybridized carbons (Fsp3) is 0.321. The molecule has 4 rings (SSSR count). The molecule has 3 aromatic rings. The first kappa shape index (κ1) is 21.9. The van der Waals surface area contributed by atoms with Gasteiger partial charge in [-0.1, -0.05) is 53.6 Å². The molecule has 0 spiro atoms. The number of phenolic OH excluding ortho intramolecular Hbond substituents is 1. The van der Waals surface area contributed by atoms with E-state index >= 15 is 0 Å². The average Bonchev–Trinajstić information content (AvgIpc) is 3.27. The molecule has 3 atom stereocenters. The minimum Gasteiger partial charge on any atom is -0.507 e. The van der Waals surface area contributed by atoms with Crippen LogP contribution >= 0.6 is 0 Å². The Morgan fingerprint density at radius 1 is 1.22 bits per heavy atom. The summed E-state index contributed by atoms with van der Waals surface area (Å²) < 4.78 is 11.1. The van der Waals surface area contributed by atoms with Crippen molar-refractivity contribution in [1.29, 1.82) is 0 Å². The summed E-state index contributed by atoms with van der Waals surface area (Å²) in [6, 6.07) is 13.5. The van der Waals surface area contributed by atoms with Crippen LogP contribution in [-0.4, -0.2) is 18.0 Å². The van der Waals surface area contributed by atoms with E-state index in [1.54, 1.807) is 13.2 Å². The third kappa shape index (κ3) is 3.97. The third-order valence-electron chi connectivity index (χ3n) is 6.60. The molecular formula is C28H30O4. The lowest BCUT2D eigenvalue weighted by Crippen LogP contribution is -2.33. The highest BCUT2D eigenvalue weighted by molar-refractivity contribution is 6.11. The van der Waals surface area contributed by atoms with Crippen LogP contribution in [0.25, 0.3) is 11.0 Å². The molecule has 0 radical (unpaired) electrons.